The third-order valence-electron chi connectivity index (χ3n) is 7.35. The van der Waals surface area contributed by atoms with Gasteiger partial charge in [0.15, 0.2) is 0 Å². The van der Waals surface area contributed by atoms with E-state index in [9.17, 15) is 18.0 Å². The molecule has 0 radical (unpaired) electrons. The first kappa shape index (κ1) is 27.1. The van der Waals surface area contributed by atoms with Crippen LogP contribution in [0.2, 0.25) is 0 Å². The van der Waals surface area contributed by atoms with Gasteiger partial charge in [-0.05, 0) is 61.9 Å². The van der Waals surface area contributed by atoms with Crippen molar-refractivity contribution in [3.05, 3.63) is 115 Å². The number of benzene rings is 2. The lowest BCUT2D eigenvalue weighted by Crippen LogP contribution is -2.36. The molecule has 41 heavy (non-hydrogen) atoms. The average molecular weight is 588 g/mol. The summed E-state index contributed by atoms with van der Waals surface area (Å²) in [6, 6.07) is 19.4. The molecule has 0 amide bonds. The number of sulfonamides is 1. The van der Waals surface area contributed by atoms with Crippen LogP contribution in [0.25, 0.3) is 16.6 Å². The largest absolute Gasteiger partial charge is 0.333 e. The van der Waals surface area contributed by atoms with Crippen LogP contribution in [0.1, 0.15) is 22.6 Å². The smallest absolute Gasteiger partial charge is 0.306 e. The molecule has 11 heteroatoms. The third-order valence-corrected chi connectivity index (χ3v) is 10.1. The molecule has 1 aliphatic heterocycles. The van der Waals surface area contributed by atoms with Gasteiger partial charge in [-0.3, -0.25) is 14.1 Å². The number of aryl methyl sites for hydroxylation is 1. The molecule has 3 aromatic heterocycles. The Bertz CT molecular complexity index is 1950. The molecule has 210 valence electrons. The molecule has 1 aliphatic rings. The van der Waals surface area contributed by atoms with Crippen LogP contribution >= 0.6 is 11.3 Å². The van der Waals surface area contributed by atoms with Crippen molar-refractivity contribution in [1.82, 2.24) is 19.4 Å². The van der Waals surface area contributed by atoms with Gasteiger partial charge in [-0.15, -0.1) is 11.3 Å². The lowest BCUT2D eigenvalue weighted by atomic mass is 10.0. The van der Waals surface area contributed by atoms with Gasteiger partial charge in [0.1, 0.15) is 0 Å². The zero-order valence-corrected chi connectivity index (χ0v) is 24.1. The van der Waals surface area contributed by atoms with Gasteiger partial charge in [-0.2, -0.15) is 0 Å². The highest BCUT2D eigenvalue weighted by Crippen LogP contribution is 2.32. The summed E-state index contributed by atoms with van der Waals surface area (Å²) in [7, 11) is -1.94. The highest BCUT2D eigenvalue weighted by Gasteiger charge is 2.29. The van der Waals surface area contributed by atoms with Crippen molar-refractivity contribution >= 4 is 38.0 Å². The van der Waals surface area contributed by atoms with E-state index in [0.717, 1.165) is 40.1 Å². The van der Waals surface area contributed by atoms with Crippen molar-refractivity contribution in [1.29, 1.82) is 0 Å². The minimum atomic E-state index is -3.92. The highest BCUT2D eigenvalue weighted by atomic mass is 32.2. The van der Waals surface area contributed by atoms with Crippen molar-refractivity contribution < 1.29 is 8.42 Å². The predicted octanol–water partition coefficient (Wildman–Crippen LogP) is 3.95. The molecule has 0 aliphatic carbocycles. The quantitative estimate of drug-likeness (QED) is 0.295. The Morgan fingerprint density at radius 3 is 2.71 bits per heavy atom. The first-order chi connectivity index (χ1) is 19.8. The summed E-state index contributed by atoms with van der Waals surface area (Å²) in [4.78, 5) is 37.0. The number of para-hydroxylation sites is 1. The number of thiophene rings is 1. The second-order valence-electron chi connectivity index (χ2n) is 10.1. The van der Waals surface area contributed by atoms with E-state index in [1.807, 2.05) is 49.5 Å². The summed E-state index contributed by atoms with van der Waals surface area (Å²) in [5, 5.41) is 2.21. The molecule has 0 bridgehead atoms. The zero-order chi connectivity index (χ0) is 28.6. The monoisotopic (exact) mass is 587 g/mol. The lowest BCUT2D eigenvalue weighted by molar-refractivity contribution is 0.334. The van der Waals surface area contributed by atoms with Crippen molar-refractivity contribution in [3.63, 3.8) is 0 Å². The summed E-state index contributed by atoms with van der Waals surface area (Å²) in [5.74, 6) is 0. The Balaban J connectivity index is 1.33. The summed E-state index contributed by atoms with van der Waals surface area (Å²) in [5.41, 5.74) is 2.21. The second-order valence-corrected chi connectivity index (χ2v) is 13.0. The Hall–Kier alpha value is -4.06. The number of hydrogen-bond donors (Lipinski definition) is 1. The lowest BCUT2D eigenvalue weighted by Gasteiger charge is -2.30. The fourth-order valence-corrected chi connectivity index (χ4v) is 7.91. The van der Waals surface area contributed by atoms with E-state index < -0.39 is 21.3 Å². The SMILES string of the molecule is CN(CCc1ccccn1)Cc1scc2[nH]c(=O)n(-c3cccc(S(=O)(=O)N4CCCc5ccccc54)c3)c(=O)c12. The number of aromatic amines is 1. The fraction of sp³-hybridized carbons (Fsp3) is 0.233. The first-order valence-electron chi connectivity index (χ1n) is 13.4. The van der Waals surface area contributed by atoms with Crippen LogP contribution in [0.15, 0.2) is 92.8 Å². The van der Waals surface area contributed by atoms with Gasteiger partial charge in [-0.25, -0.2) is 17.8 Å². The topological polar surface area (TPSA) is 108 Å². The van der Waals surface area contributed by atoms with E-state index in [4.69, 9.17) is 0 Å². The summed E-state index contributed by atoms with van der Waals surface area (Å²) < 4.78 is 30.0. The normalized spacial score (nSPS) is 13.6. The molecule has 4 heterocycles. The number of aromatic nitrogens is 3. The van der Waals surface area contributed by atoms with Gasteiger partial charge in [0.05, 0.1) is 27.2 Å². The number of hydrogen-bond acceptors (Lipinski definition) is 7. The van der Waals surface area contributed by atoms with E-state index in [1.54, 1.807) is 23.7 Å². The van der Waals surface area contributed by atoms with Gasteiger partial charge in [-0.1, -0.05) is 30.3 Å². The number of nitrogens with zero attached hydrogens (tertiary/aromatic N) is 4. The van der Waals surface area contributed by atoms with E-state index in [1.165, 1.54) is 27.8 Å². The van der Waals surface area contributed by atoms with Crippen LogP contribution < -0.4 is 15.6 Å². The van der Waals surface area contributed by atoms with E-state index in [0.29, 0.717) is 36.1 Å². The van der Waals surface area contributed by atoms with Gasteiger partial charge in [0.2, 0.25) is 0 Å². The first-order valence-corrected chi connectivity index (χ1v) is 15.7. The van der Waals surface area contributed by atoms with Crippen LogP contribution in [0, 0.1) is 0 Å². The number of nitrogens with one attached hydrogen (secondary N) is 1. The van der Waals surface area contributed by atoms with Crippen LogP contribution in [0.4, 0.5) is 5.69 Å². The number of likely N-dealkylation sites (N-methyl/N-ethyl adjacent to an activating group) is 1. The molecular formula is C30H29N5O4S2. The van der Waals surface area contributed by atoms with Crippen molar-refractivity contribution in [2.45, 2.75) is 30.7 Å². The molecule has 0 saturated heterocycles. The Labute approximate surface area is 241 Å². The fourth-order valence-electron chi connectivity index (χ4n) is 5.29. The number of fused-ring (bicyclic) bond motifs is 2. The zero-order valence-electron chi connectivity index (χ0n) is 22.5. The Kier molecular flexibility index (Phi) is 7.33. The summed E-state index contributed by atoms with van der Waals surface area (Å²) >= 11 is 1.42. The number of anilines is 1. The summed E-state index contributed by atoms with van der Waals surface area (Å²) in [6.45, 7) is 1.63. The molecule has 0 fully saturated rings. The van der Waals surface area contributed by atoms with Crippen molar-refractivity contribution in [2.75, 3.05) is 24.4 Å². The van der Waals surface area contributed by atoms with Gasteiger partial charge in [0, 0.05) is 48.2 Å². The van der Waals surface area contributed by atoms with E-state index in [2.05, 4.69) is 14.9 Å². The molecule has 2 aromatic carbocycles. The van der Waals surface area contributed by atoms with Crippen LogP contribution in [-0.2, 0) is 29.4 Å². The van der Waals surface area contributed by atoms with Crippen LogP contribution in [0.5, 0.6) is 0 Å². The number of H-pyrrole nitrogens is 1. The van der Waals surface area contributed by atoms with Crippen molar-refractivity contribution in [3.8, 4) is 5.69 Å². The molecule has 0 unspecified atom stereocenters. The van der Waals surface area contributed by atoms with Gasteiger partial charge >= 0.3 is 5.69 Å². The van der Waals surface area contributed by atoms with E-state index in [-0.39, 0.29) is 10.6 Å². The van der Waals surface area contributed by atoms with E-state index >= 15 is 0 Å². The minimum absolute atomic E-state index is 0.0258. The van der Waals surface area contributed by atoms with Gasteiger partial charge < -0.3 is 9.88 Å². The maximum atomic E-state index is 13.8. The molecule has 6 rings (SSSR count). The second kappa shape index (κ2) is 11.1. The standard InChI is InChI=1S/C30H29N5O4S2/c1-33(17-14-22-10-4-5-15-31-22)19-27-28-25(20-40-27)32-30(37)35(29(28)36)23-11-6-12-24(18-23)41(38,39)34-16-7-9-21-8-2-3-13-26(21)34/h2-6,8,10-13,15,18,20H,7,9,14,16-17,19H2,1H3,(H,32,37). The molecular weight excluding hydrogens is 558 g/mol. The predicted molar refractivity (Wildman–Crippen MR) is 162 cm³/mol. The van der Waals surface area contributed by atoms with Crippen LogP contribution in [-0.4, -0.2) is 48.0 Å². The molecule has 5 aromatic rings. The number of rotatable bonds is 8. The van der Waals surface area contributed by atoms with Crippen molar-refractivity contribution in [2.24, 2.45) is 0 Å². The maximum absolute atomic E-state index is 13.8. The molecule has 0 saturated carbocycles. The Morgan fingerprint density at radius 2 is 1.88 bits per heavy atom. The Morgan fingerprint density at radius 1 is 1.05 bits per heavy atom. The van der Waals surface area contributed by atoms with Gasteiger partial charge in [0.25, 0.3) is 15.6 Å². The summed E-state index contributed by atoms with van der Waals surface area (Å²) in [6.07, 6.45) is 4.06. The number of pyridine rings is 1. The average Bonchev–Trinajstić information content (AvgIpc) is 3.38. The molecule has 0 spiro atoms. The molecule has 9 nitrogen and oxygen atoms in total. The molecule has 1 N–H and O–H groups in total. The highest BCUT2D eigenvalue weighted by molar-refractivity contribution is 7.92. The third kappa shape index (κ3) is 5.23. The minimum Gasteiger partial charge on any atom is -0.306 e. The maximum Gasteiger partial charge on any atom is 0.333 e. The van der Waals surface area contributed by atoms with Crippen LogP contribution in [0.3, 0.4) is 0 Å². The molecule has 0 atom stereocenters.